The van der Waals surface area contributed by atoms with Gasteiger partial charge in [0.25, 0.3) is 0 Å². The summed E-state index contributed by atoms with van der Waals surface area (Å²) in [6.45, 7) is 13.9. The summed E-state index contributed by atoms with van der Waals surface area (Å²) >= 11 is 0. The SMILES string of the molecule is CC.CN1CCN2CC(C)(C)OCC2C1. The molecular formula is C12H26N2O. The smallest absolute Gasteiger partial charge is 0.0753 e. The summed E-state index contributed by atoms with van der Waals surface area (Å²) < 4.78 is 5.81. The Hall–Kier alpha value is -0.120. The molecule has 15 heavy (non-hydrogen) atoms. The molecule has 0 aromatic rings. The number of fused-ring (bicyclic) bond motifs is 1. The molecular weight excluding hydrogens is 188 g/mol. The number of likely N-dealkylation sites (N-methyl/N-ethyl adjacent to an activating group) is 1. The Labute approximate surface area is 94.4 Å². The summed E-state index contributed by atoms with van der Waals surface area (Å²) in [5, 5.41) is 0. The minimum Gasteiger partial charge on any atom is -0.373 e. The van der Waals surface area contributed by atoms with E-state index in [1.807, 2.05) is 13.8 Å². The molecule has 0 aromatic heterocycles. The molecule has 2 rings (SSSR count). The summed E-state index contributed by atoms with van der Waals surface area (Å²) in [6.07, 6.45) is 0. The van der Waals surface area contributed by atoms with Gasteiger partial charge in [-0.05, 0) is 20.9 Å². The molecule has 3 nitrogen and oxygen atoms in total. The van der Waals surface area contributed by atoms with E-state index in [2.05, 4.69) is 30.7 Å². The van der Waals surface area contributed by atoms with Gasteiger partial charge in [0.15, 0.2) is 0 Å². The molecule has 0 bridgehead atoms. The van der Waals surface area contributed by atoms with Crippen LogP contribution in [0.4, 0.5) is 0 Å². The second kappa shape index (κ2) is 5.28. The van der Waals surface area contributed by atoms with Crippen LogP contribution in [-0.4, -0.2) is 61.3 Å². The van der Waals surface area contributed by atoms with Crippen molar-refractivity contribution >= 4 is 0 Å². The molecule has 0 N–H and O–H groups in total. The Morgan fingerprint density at radius 2 is 1.87 bits per heavy atom. The van der Waals surface area contributed by atoms with Crippen molar-refractivity contribution < 1.29 is 4.74 Å². The zero-order valence-corrected chi connectivity index (χ0v) is 10.9. The van der Waals surface area contributed by atoms with Crippen LogP contribution in [0.5, 0.6) is 0 Å². The van der Waals surface area contributed by atoms with E-state index in [4.69, 9.17) is 4.74 Å². The van der Waals surface area contributed by atoms with E-state index >= 15 is 0 Å². The molecule has 1 atom stereocenters. The maximum Gasteiger partial charge on any atom is 0.0753 e. The van der Waals surface area contributed by atoms with E-state index < -0.39 is 0 Å². The number of piperazine rings is 1. The van der Waals surface area contributed by atoms with Crippen LogP contribution < -0.4 is 0 Å². The predicted molar refractivity (Wildman–Crippen MR) is 64.2 cm³/mol. The molecule has 1 unspecified atom stereocenters. The van der Waals surface area contributed by atoms with Gasteiger partial charge < -0.3 is 9.64 Å². The van der Waals surface area contributed by atoms with Crippen molar-refractivity contribution in [1.82, 2.24) is 9.80 Å². The largest absolute Gasteiger partial charge is 0.373 e. The van der Waals surface area contributed by atoms with Crippen LogP contribution in [-0.2, 0) is 4.74 Å². The molecule has 0 aromatic carbocycles. The van der Waals surface area contributed by atoms with Gasteiger partial charge in [-0.1, -0.05) is 13.8 Å². The second-order valence-electron chi connectivity index (χ2n) is 4.96. The molecule has 2 aliphatic heterocycles. The van der Waals surface area contributed by atoms with E-state index in [1.54, 1.807) is 0 Å². The first-order chi connectivity index (χ1) is 7.07. The molecule has 90 valence electrons. The van der Waals surface area contributed by atoms with E-state index in [1.165, 1.54) is 13.1 Å². The second-order valence-corrected chi connectivity index (χ2v) is 4.96. The van der Waals surface area contributed by atoms with Crippen LogP contribution in [0.25, 0.3) is 0 Å². The van der Waals surface area contributed by atoms with Gasteiger partial charge in [0.05, 0.1) is 12.2 Å². The third-order valence-electron chi connectivity index (χ3n) is 3.06. The van der Waals surface area contributed by atoms with Gasteiger partial charge in [-0.15, -0.1) is 0 Å². The summed E-state index contributed by atoms with van der Waals surface area (Å²) in [5.74, 6) is 0. The molecule has 0 amide bonds. The van der Waals surface area contributed by atoms with Gasteiger partial charge in [-0.3, -0.25) is 4.90 Å². The Balaban J connectivity index is 0.000000531. The Kier molecular flexibility index (Phi) is 4.56. The predicted octanol–water partition coefficient (Wildman–Crippen LogP) is 1.44. The molecule has 3 heteroatoms. The van der Waals surface area contributed by atoms with Gasteiger partial charge in [-0.25, -0.2) is 0 Å². The minimum atomic E-state index is 0.0619. The van der Waals surface area contributed by atoms with Crippen LogP contribution >= 0.6 is 0 Å². The van der Waals surface area contributed by atoms with Gasteiger partial charge in [-0.2, -0.15) is 0 Å². The first kappa shape index (κ1) is 12.9. The molecule has 2 heterocycles. The fourth-order valence-corrected chi connectivity index (χ4v) is 2.27. The molecule has 2 fully saturated rings. The molecule has 0 aliphatic carbocycles. The summed E-state index contributed by atoms with van der Waals surface area (Å²) in [5.41, 5.74) is 0.0619. The third kappa shape index (κ3) is 3.44. The highest BCUT2D eigenvalue weighted by molar-refractivity contribution is 4.89. The van der Waals surface area contributed by atoms with Crippen molar-refractivity contribution in [3.05, 3.63) is 0 Å². The summed E-state index contributed by atoms with van der Waals surface area (Å²) in [7, 11) is 2.19. The average Bonchev–Trinajstić information content (AvgIpc) is 2.21. The number of nitrogens with zero attached hydrogens (tertiary/aromatic N) is 2. The fourth-order valence-electron chi connectivity index (χ4n) is 2.27. The lowest BCUT2D eigenvalue weighted by Gasteiger charge is -2.48. The van der Waals surface area contributed by atoms with Gasteiger partial charge in [0.1, 0.15) is 0 Å². The first-order valence-corrected chi connectivity index (χ1v) is 6.13. The van der Waals surface area contributed by atoms with Gasteiger partial charge in [0.2, 0.25) is 0 Å². The van der Waals surface area contributed by atoms with Gasteiger partial charge >= 0.3 is 0 Å². The van der Waals surface area contributed by atoms with E-state index in [0.29, 0.717) is 6.04 Å². The lowest BCUT2D eigenvalue weighted by Crippen LogP contribution is -2.61. The number of ether oxygens (including phenoxy) is 1. The van der Waals surface area contributed by atoms with E-state index in [-0.39, 0.29) is 5.60 Å². The Morgan fingerprint density at radius 1 is 1.20 bits per heavy atom. The van der Waals surface area contributed by atoms with E-state index in [9.17, 15) is 0 Å². The van der Waals surface area contributed by atoms with Gasteiger partial charge in [0, 0.05) is 32.2 Å². The maximum atomic E-state index is 5.81. The van der Waals surface area contributed by atoms with Crippen molar-refractivity contribution in [2.75, 3.05) is 39.8 Å². The molecule has 0 radical (unpaired) electrons. The molecule has 2 saturated heterocycles. The monoisotopic (exact) mass is 214 g/mol. The van der Waals surface area contributed by atoms with E-state index in [0.717, 1.165) is 19.7 Å². The Morgan fingerprint density at radius 3 is 2.53 bits per heavy atom. The topological polar surface area (TPSA) is 15.7 Å². The molecule has 0 saturated carbocycles. The minimum absolute atomic E-state index is 0.0619. The van der Waals surface area contributed by atoms with Crippen LogP contribution in [0, 0.1) is 0 Å². The number of morpholine rings is 1. The maximum absolute atomic E-state index is 5.81. The number of hydrogen-bond donors (Lipinski definition) is 0. The lowest BCUT2D eigenvalue weighted by atomic mass is 10.0. The van der Waals surface area contributed by atoms with Crippen molar-refractivity contribution in [1.29, 1.82) is 0 Å². The number of hydrogen-bond acceptors (Lipinski definition) is 3. The quantitative estimate of drug-likeness (QED) is 0.607. The standard InChI is InChI=1S/C10H20N2O.C2H6/c1-10(2)8-12-5-4-11(3)6-9(12)7-13-10;1-2/h9H,4-8H2,1-3H3;1-2H3. The first-order valence-electron chi connectivity index (χ1n) is 6.13. The highest BCUT2D eigenvalue weighted by Gasteiger charge is 2.35. The number of rotatable bonds is 0. The van der Waals surface area contributed by atoms with Crippen molar-refractivity contribution in [3.8, 4) is 0 Å². The molecule has 2 aliphatic rings. The third-order valence-corrected chi connectivity index (χ3v) is 3.06. The zero-order chi connectivity index (χ0) is 11.5. The summed E-state index contributed by atoms with van der Waals surface area (Å²) in [4.78, 5) is 4.96. The van der Waals surface area contributed by atoms with Crippen molar-refractivity contribution in [2.45, 2.75) is 39.3 Å². The lowest BCUT2D eigenvalue weighted by molar-refractivity contribution is -0.129. The fraction of sp³-hybridized carbons (Fsp3) is 1.00. The Bertz CT molecular complexity index is 194. The summed E-state index contributed by atoms with van der Waals surface area (Å²) in [6, 6.07) is 0.631. The van der Waals surface area contributed by atoms with Crippen LogP contribution in [0.2, 0.25) is 0 Å². The van der Waals surface area contributed by atoms with Crippen LogP contribution in [0.1, 0.15) is 27.7 Å². The molecule has 0 spiro atoms. The highest BCUT2D eigenvalue weighted by atomic mass is 16.5. The average molecular weight is 214 g/mol. The highest BCUT2D eigenvalue weighted by Crippen LogP contribution is 2.22. The van der Waals surface area contributed by atoms with Crippen molar-refractivity contribution in [3.63, 3.8) is 0 Å². The van der Waals surface area contributed by atoms with Crippen molar-refractivity contribution in [2.24, 2.45) is 0 Å². The van der Waals surface area contributed by atoms with Crippen LogP contribution in [0.3, 0.4) is 0 Å². The normalized spacial score (nSPS) is 31.4. The zero-order valence-electron chi connectivity index (χ0n) is 10.9. The van der Waals surface area contributed by atoms with Crippen LogP contribution in [0.15, 0.2) is 0 Å².